The van der Waals surface area contributed by atoms with E-state index in [9.17, 15) is 9.18 Å². The molecule has 1 unspecified atom stereocenters. The van der Waals surface area contributed by atoms with E-state index in [-0.39, 0.29) is 23.5 Å². The molecule has 2 aromatic heterocycles. The molecule has 5 rings (SSSR count). The molecule has 0 radical (unpaired) electrons. The highest BCUT2D eigenvalue weighted by Crippen LogP contribution is 2.35. The summed E-state index contributed by atoms with van der Waals surface area (Å²) in [6, 6.07) is 13.1. The summed E-state index contributed by atoms with van der Waals surface area (Å²) in [7, 11) is 5.29. The zero-order valence-electron chi connectivity index (χ0n) is 20.0. The molecule has 1 aliphatic rings. The number of halogens is 1. The number of methoxy groups -OCH3 is 1. The number of nitrogens with zero attached hydrogens (tertiary/aromatic N) is 3. The minimum absolute atomic E-state index is 0.107. The molecule has 1 amide bonds. The number of likely N-dealkylation sites (N-methyl/N-ethyl adjacent to an activating group) is 1. The SMILES string of the molecule is COc1ccc(Cc2nc3c(c4c2[nH]c2ccccc24)CCN(C(=O)C(C)N(C)C)C3)cc1F. The van der Waals surface area contributed by atoms with Gasteiger partial charge in [-0.2, -0.15) is 0 Å². The first kappa shape index (κ1) is 22.3. The van der Waals surface area contributed by atoms with Gasteiger partial charge in [-0.3, -0.25) is 14.7 Å². The maximum atomic E-state index is 14.4. The molecule has 1 N–H and O–H groups in total. The smallest absolute Gasteiger partial charge is 0.239 e. The van der Waals surface area contributed by atoms with Crippen LogP contribution in [0.2, 0.25) is 0 Å². The molecule has 0 bridgehead atoms. The van der Waals surface area contributed by atoms with Crippen molar-refractivity contribution in [1.82, 2.24) is 19.8 Å². The number of hydrogen-bond acceptors (Lipinski definition) is 4. The summed E-state index contributed by atoms with van der Waals surface area (Å²) < 4.78 is 19.5. The number of carbonyl (C=O) groups excluding carboxylic acids is 1. The Labute approximate surface area is 198 Å². The number of ether oxygens (including phenoxy) is 1. The maximum absolute atomic E-state index is 14.4. The van der Waals surface area contributed by atoms with Gasteiger partial charge in [0.15, 0.2) is 11.6 Å². The Hall–Kier alpha value is -3.45. The number of amides is 1. The molecular formula is C27H29FN4O2. The summed E-state index contributed by atoms with van der Waals surface area (Å²) >= 11 is 0. The van der Waals surface area contributed by atoms with Crippen LogP contribution in [0.1, 0.15) is 29.4 Å². The number of H-pyrrole nitrogens is 1. The van der Waals surface area contributed by atoms with Crippen LogP contribution in [0.4, 0.5) is 4.39 Å². The van der Waals surface area contributed by atoms with Gasteiger partial charge in [-0.1, -0.05) is 24.3 Å². The van der Waals surface area contributed by atoms with Crippen LogP contribution in [-0.4, -0.2) is 59.5 Å². The van der Waals surface area contributed by atoms with Gasteiger partial charge in [0.1, 0.15) is 0 Å². The standard InChI is InChI=1S/C27H29FN4O2/c1-16(31(2)3)27(33)32-12-11-19-23(15-32)29-22(14-17-9-10-24(34-4)20(28)13-17)26-25(19)18-7-5-6-8-21(18)30-26/h5-10,13,16,30H,11-12,14-15H2,1-4H3. The lowest BCUT2D eigenvalue weighted by Crippen LogP contribution is -2.46. The largest absolute Gasteiger partial charge is 0.494 e. The van der Waals surface area contributed by atoms with Gasteiger partial charge in [0.2, 0.25) is 5.91 Å². The van der Waals surface area contributed by atoms with Crippen molar-refractivity contribution in [3.63, 3.8) is 0 Å². The van der Waals surface area contributed by atoms with E-state index < -0.39 is 0 Å². The first-order chi connectivity index (χ1) is 16.4. The second-order valence-corrected chi connectivity index (χ2v) is 9.20. The lowest BCUT2D eigenvalue weighted by Gasteiger charge is -2.32. The van der Waals surface area contributed by atoms with Gasteiger partial charge in [-0.25, -0.2) is 4.39 Å². The van der Waals surface area contributed by atoms with Gasteiger partial charge < -0.3 is 14.6 Å². The molecule has 0 saturated heterocycles. The Kier molecular flexibility index (Phi) is 5.73. The fourth-order valence-electron chi connectivity index (χ4n) is 4.82. The second kappa shape index (κ2) is 8.72. The third-order valence-corrected chi connectivity index (χ3v) is 6.92. The molecule has 3 heterocycles. The molecule has 0 spiro atoms. The minimum atomic E-state index is -0.389. The number of benzene rings is 2. The summed E-state index contributed by atoms with van der Waals surface area (Å²) in [5, 5.41) is 2.32. The summed E-state index contributed by atoms with van der Waals surface area (Å²) in [4.78, 5) is 25.5. The highest BCUT2D eigenvalue weighted by atomic mass is 19.1. The summed E-state index contributed by atoms with van der Waals surface area (Å²) in [6.07, 6.45) is 1.23. The number of aromatic nitrogens is 2. The summed E-state index contributed by atoms with van der Waals surface area (Å²) in [5.74, 6) is -0.0578. The molecule has 7 heteroatoms. The van der Waals surface area contributed by atoms with Crippen LogP contribution in [-0.2, 0) is 24.2 Å². The fraction of sp³-hybridized carbons (Fsp3) is 0.333. The van der Waals surface area contributed by atoms with Gasteiger partial charge in [-0.05, 0) is 56.8 Å². The average Bonchev–Trinajstić information content (AvgIpc) is 3.23. The molecule has 0 fully saturated rings. The molecule has 176 valence electrons. The highest BCUT2D eigenvalue weighted by Gasteiger charge is 2.29. The normalized spacial score (nSPS) is 14.6. The van der Waals surface area contributed by atoms with Gasteiger partial charge in [0.05, 0.1) is 36.6 Å². The van der Waals surface area contributed by atoms with Crippen molar-refractivity contribution >= 4 is 27.7 Å². The molecule has 1 atom stereocenters. The Balaban J connectivity index is 1.62. The van der Waals surface area contributed by atoms with Crippen molar-refractivity contribution in [2.45, 2.75) is 32.4 Å². The van der Waals surface area contributed by atoms with Crippen molar-refractivity contribution in [1.29, 1.82) is 0 Å². The minimum Gasteiger partial charge on any atom is -0.494 e. The van der Waals surface area contributed by atoms with E-state index in [1.807, 2.05) is 49.0 Å². The van der Waals surface area contributed by atoms with Crippen LogP contribution in [0.5, 0.6) is 5.75 Å². The molecule has 1 aliphatic heterocycles. The van der Waals surface area contributed by atoms with E-state index >= 15 is 0 Å². The van der Waals surface area contributed by atoms with Crippen LogP contribution in [0.25, 0.3) is 21.8 Å². The van der Waals surface area contributed by atoms with E-state index in [1.165, 1.54) is 18.7 Å². The number of hydrogen-bond donors (Lipinski definition) is 1. The van der Waals surface area contributed by atoms with E-state index in [0.29, 0.717) is 19.5 Å². The highest BCUT2D eigenvalue weighted by molar-refractivity contribution is 6.10. The van der Waals surface area contributed by atoms with Crippen LogP contribution < -0.4 is 4.74 Å². The molecular weight excluding hydrogens is 431 g/mol. The van der Waals surface area contributed by atoms with Gasteiger partial charge in [0.25, 0.3) is 0 Å². The Bertz CT molecular complexity index is 1390. The number of para-hydroxylation sites is 1. The molecule has 0 saturated carbocycles. The van der Waals surface area contributed by atoms with E-state index in [4.69, 9.17) is 9.72 Å². The van der Waals surface area contributed by atoms with Crippen molar-refractivity contribution in [3.05, 3.63) is 70.8 Å². The predicted octanol–water partition coefficient (Wildman–Crippen LogP) is 4.29. The predicted molar refractivity (Wildman–Crippen MR) is 132 cm³/mol. The molecule has 4 aromatic rings. The van der Waals surface area contributed by atoms with Crippen molar-refractivity contribution < 1.29 is 13.9 Å². The Morgan fingerprint density at radius 2 is 2.06 bits per heavy atom. The quantitative estimate of drug-likeness (QED) is 0.483. The molecule has 6 nitrogen and oxygen atoms in total. The second-order valence-electron chi connectivity index (χ2n) is 9.20. The van der Waals surface area contributed by atoms with Gasteiger partial charge in [0, 0.05) is 29.3 Å². The van der Waals surface area contributed by atoms with Crippen molar-refractivity contribution in [2.24, 2.45) is 0 Å². The average molecular weight is 461 g/mol. The number of carbonyl (C=O) groups is 1. The van der Waals surface area contributed by atoms with Crippen LogP contribution in [0, 0.1) is 5.82 Å². The van der Waals surface area contributed by atoms with Gasteiger partial charge >= 0.3 is 0 Å². The number of rotatable bonds is 5. The monoisotopic (exact) mass is 460 g/mol. The van der Waals surface area contributed by atoms with E-state index in [2.05, 4.69) is 17.1 Å². The first-order valence-electron chi connectivity index (χ1n) is 11.6. The maximum Gasteiger partial charge on any atom is 0.239 e. The lowest BCUT2D eigenvalue weighted by atomic mass is 9.96. The third-order valence-electron chi connectivity index (χ3n) is 6.92. The van der Waals surface area contributed by atoms with Crippen LogP contribution in [0.3, 0.4) is 0 Å². The molecule has 2 aromatic carbocycles. The topological polar surface area (TPSA) is 61.5 Å². The zero-order chi connectivity index (χ0) is 24.0. The van der Waals surface area contributed by atoms with E-state index in [1.54, 1.807) is 6.07 Å². The Morgan fingerprint density at radius 3 is 2.79 bits per heavy atom. The number of pyridine rings is 1. The van der Waals surface area contributed by atoms with Crippen LogP contribution in [0.15, 0.2) is 42.5 Å². The zero-order valence-corrected chi connectivity index (χ0v) is 20.0. The third kappa shape index (κ3) is 3.80. The number of aromatic amines is 1. The van der Waals surface area contributed by atoms with Crippen molar-refractivity contribution in [3.8, 4) is 5.75 Å². The number of nitrogens with one attached hydrogen (secondary N) is 1. The van der Waals surface area contributed by atoms with Crippen LogP contribution >= 0.6 is 0 Å². The fourth-order valence-corrected chi connectivity index (χ4v) is 4.82. The first-order valence-corrected chi connectivity index (χ1v) is 11.6. The lowest BCUT2D eigenvalue weighted by molar-refractivity contribution is -0.136. The molecule has 0 aliphatic carbocycles. The summed E-state index contributed by atoms with van der Waals surface area (Å²) in [5.41, 5.74) is 5.82. The van der Waals surface area contributed by atoms with Gasteiger partial charge in [-0.15, -0.1) is 0 Å². The van der Waals surface area contributed by atoms with E-state index in [0.717, 1.165) is 45.2 Å². The Morgan fingerprint density at radius 1 is 1.26 bits per heavy atom. The summed E-state index contributed by atoms with van der Waals surface area (Å²) in [6.45, 7) is 3.08. The van der Waals surface area contributed by atoms with Crippen molar-refractivity contribution in [2.75, 3.05) is 27.7 Å². The number of fused-ring (bicyclic) bond motifs is 5. The molecule has 34 heavy (non-hydrogen) atoms.